The summed E-state index contributed by atoms with van der Waals surface area (Å²) in [5.41, 5.74) is 0.895. The molecule has 0 spiro atoms. The quantitative estimate of drug-likeness (QED) is 0.774. The average Bonchev–Trinajstić information content (AvgIpc) is 2.38. The van der Waals surface area contributed by atoms with Crippen LogP contribution >= 0.6 is 0 Å². The van der Waals surface area contributed by atoms with Gasteiger partial charge in [0.1, 0.15) is 5.78 Å². The van der Waals surface area contributed by atoms with Crippen molar-refractivity contribution in [1.82, 2.24) is 0 Å². The molecule has 0 aliphatic rings. The highest BCUT2D eigenvalue weighted by molar-refractivity contribution is 5.88. The molecule has 0 fully saturated rings. The third kappa shape index (κ3) is 2.61. The van der Waals surface area contributed by atoms with E-state index in [1.165, 1.54) is 10.8 Å². The van der Waals surface area contributed by atoms with E-state index in [0.29, 0.717) is 12.2 Å². The zero-order valence-electron chi connectivity index (χ0n) is 11.4. The van der Waals surface area contributed by atoms with Gasteiger partial charge in [-0.25, -0.2) is 0 Å². The predicted octanol–water partition coefficient (Wildman–Crippen LogP) is 4.39. The Bertz CT molecular complexity index is 567. The third-order valence-electron chi connectivity index (χ3n) is 3.82. The summed E-state index contributed by atoms with van der Waals surface area (Å²) in [5.74, 6) is 0.320. The van der Waals surface area contributed by atoms with Gasteiger partial charge in [-0.3, -0.25) is 4.79 Å². The molecular weight excluding hydrogens is 220 g/mol. The van der Waals surface area contributed by atoms with E-state index in [9.17, 15) is 4.79 Å². The number of benzene rings is 2. The Morgan fingerprint density at radius 2 is 1.72 bits per heavy atom. The standard InChI is InChI=1S/C17H20O/c1-4-17(2,3)16(18)12-13-9-10-14-7-5-6-8-15(14)11-13/h5-11H,4,12H2,1-3H3. The van der Waals surface area contributed by atoms with E-state index in [0.717, 1.165) is 12.0 Å². The number of fused-ring (bicyclic) bond motifs is 1. The van der Waals surface area contributed by atoms with Crippen LogP contribution in [0.15, 0.2) is 42.5 Å². The molecule has 94 valence electrons. The Kier molecular flexibility index (Phi) is 3.51. The maximum absolute atomic E-state index is 12.2. The SMILES string of the molecule is CCC(C)(C)C(=O)Cc1ccc2ccccc2c1. The molecular formula is C17H20O. The molecule has 0 aliphatic heterocycles. The van der Waals surface area contributed by atoms with E-state index in [1.807, 2.05) is 26.0 Å². The fourth-order valence-electron chi connectivity index (χ4n) is 1.97. The number of carbonyl (C=O) groups excluding carboxylic acids is 1. The molecule has 0 bridgehead atoms. The lowest BCUT2D eigenvalue weighted by Crippen LogP contribution is -2.24. The fraction of sp³-hybridized carbons (Fsp3) is 0.353. The molecule has 0 atom stereocenters. The highest BCUT2D eigenvalue weighted by atomic mass is 16.1. The van der Waals surface area contributed by atoms with Gasteiger partial charge in [0.2, 0.25) is 0 Å². The summed E-state index contributed by atoms with van der Waals surface area (Å²) in [4.78, 5) is 12.2. The van der Waals surface area contributed by atoms with Crippen LogP contribution in [0, 0.1) is 5.41 Å². The highest BCUT2D eigenvalue weighted by Crippen LogP contribution is 2.24. The van der Waals surface area contributed by atoms with Gasteiger partial charge in [-0.1, -0.05) is 63.2 Å². The second-order valence-corrected chi connectivity index (χ2v) is 5.52. The highest BCUT2D eigenvalue weighted by Gasteiger charge is 2.24. The van der Waals surface area contributed by atoms with Crippen LogP contribution < -0.4 is 0 Å². The van der Waals surface area contributed by atoms with Crippen molar-refractivity contribution in [3.63, 3.8) is 0 Å². The van der Waals surface area contributed by atoms with Crippen molar-refractivity contribution in [3.8, 4) is 0 Å². The molecule has 0 aromatic heterocycles. The topological polar surface area (TPSA) is 17.1 Å². The first kappa shape index (κ1) is 12.8. The summed E-state index contributed by atoms with van der Waals surface area (Å²) in [5, 5.41) is 2.43. The van der Waals surface area contributed by atoms with Gasteiger partial charge in [0.25, 0.3) is 0 Å². The van der Waals surface area contributed by atoms with Crippen molar-refractivity contribution in [2.24, 2.45) is 5.41 Å². The predicted molar refractivity (Wildman–Crippen MR) is 76.7 cm³/mol. The Labute approximate surface area is 109 Å². The molecule has 0 unspecified atom stereocenters. The molecule has 0 heterocycles. The maximum Gasteiger partial charge on any atom is 0.142 e. The van der Waals surface area contributed by atoms with Crippen LogP contribution in [0.2, 0.25) is 0 Å². The lowest BCUT2D eigenvalue weighted by Gasteiger charge is -2.20. The van der Waals surface area contributed by atoms with Gasteiger partial charge in [-0.15, -0.1) is 0 Å². The van der Waals surface area contributed by atoms with Crippen molar-refractivity contribution in [2.45, 2.75) is 33.6 Å². The first-order chi connectivity index (χ1) is 8.53. The molecule has 1 nitrogen and oxygen atoms in total. The van der Waals surface area contributed by atoms with Gasteiger partial charge >= 0.3 is 0 Å². The maximum atomic E-state index is 12.2. The van der Waals surface area contributed by atoms with Crippen molar-refractivity contribution in [1.29, 1.82) is 0 Å². The van der Waals surface area contributed by atoms with E-state index in [2.05, 4.69) is 37.3 Å². The van der Waals surface area contributed by atoms with Crippen molar-refractivity contribution in [3.05, 3.63) is 48.0 Å². The van der Waals surface area contributed by atoms with Crippen LogP contribution in [0.4, 0.5) is 0 Å². The minimum Gasteiger partial charge on any atom is -0.299 e. The molecule has 0 aliphatic carbocycles. The molecule has 2 aromatic rings. The number of ketones is 1. The summed E-state index contributed by atoms with van der Waals surface area (Å²) >= 11 is 0. The average molecular weight is 240 g/mol. The van der Waals surface area contributed by atoms with Crippen LogP contribution in [0.1, 0.15) is 32.8 Å². The number of carbonyl (C=O) groups is 1. The van der Waals surface area contributed by atoms with E-state index in [-0.39, 0.29) is 5.41 Å². The van der Waals surface area contributed by atoms with Crippen molar-refractivity contribution >= 4 is 16.6 Å². The van der Waals surface area contributed by atoms with Crippen LogP contribution in [0.5, 0.6) is 0 Å². The summed E-state index contributed by atoms with van der Waals surface area (Å²) in [7, 11) is 0. The van der Waals surface area contributed by atoms with E-state index in [1.54, 1.807) is 0 Å². The molecule has 0 radical (unpaired) electrons. The molecule has 0 saturated carbocycles. The Morgan fingerprint density at radius 3 is 2.39 bits per heavy atom. The van der Waals surface area contributed by atoms with E-state index in [4.69, 9.17) is 0 Å². The molecule has 2 aromatic carbocycles. The minimum atomic E-state index is -0.217. The van der Waals surface area contributed by atoms with Crippen LogP contribution in [-0.4, -0.2) is 5.78 Å². The Balaban J connectivity index is 2.25. The summed E-state index contributed by atoms with van der Waals surface area (Å²) in [6.45, 7) is 6.12. The number of hydrogen-bond donors (Lipinski definition) is 0. The molecule has 2 rings (SSSR count). The summed E-state index contributed by atoms with van der Waals surface area (Å²) in [6, 6.07) is 14.5. The Hall–Kier alpha value is -1.63. The van der Waals surface area contributed by atoms with Gasteiger partial charge in [0.15, 0.2) is 0 Å². The lowest BCUT2D eigenvalue weighted by molar-refractivity contribution is -0.126. The van der Waals surface area contributed by atoms with Gasteiger partial charge in [-0.2, -0.15) is 0 Å². The van der Waals surface area contributed by atoms with Crippen LogP contribution in [0.25, 0.3) is 10.8 Å². The second-order valence-electron chi connectivity index (χ2n) is 5.52. The molecule has 1 heteroatoms. The van der Waals surface area contributed by atoms with E-state index >= 15 is 0 Å². The van der Waals surface area contributed by atoms with Gasteiger partial charge < -0.3 is 0 Å². The Morgan fingerprint density at radius 1 is 1.06 bits per heavy atom. The normalized spacial score (nSPS) is 11.7. The monoisotopic (exact) mass is 240 g/mol. The third-order valence-corrected chi connectivity index (χ3v) is 3.82. The zero-order valence-corrected chi connectivity index (χ0v) is 11.4. The second kappa shape index (κ2) is 4.93. The largest absolute Gasteiger partial charge is 0.299 e. The number of Topliss-reactive ketones (excluding diaryl/α,β-unsaturated/α-hetero) is 1. The van der Waals surface area contributed by atoms with Gasteiger partial charge in [0.05, 0.1) is 0 Å². The number of rotatable bonds is 4. The van der Waals surface area contributed by atoms with Crippen molar-refractivity contribution in [2.75, 3.05) is 0 Å². The summed E-state index contributed by atoms with van der Waals surface area (Å²) < 4.78 is 0. The minimum absolute atomic E-state index is 0.217. The van der Waals surface area contributed by atoms with Crippen LogP contribution in [0.3, 0.4) is 0 Å². The van der Waals surface area contributed by atoms with Gasteiger partial charge in [0, 0.05) is 11.8 Å². The first-order valence-electron chi connectivity index (χ1n) is 6.54. The zero-order chi connectivity index (χ0) is 13.2. The van der Waals surface area contributed by atoms with E-state index < -0.39 is 0 Å². The van der Waals surface area contributed by atoms with Crippen molar-refractivity contribution < 1.29 is 4.79 Å². The summed E-state index contributed by atoms with van der Waals surface area (Å²) in [6.07, 6.45) is 1.42. The van der Waals surface area contributed by atoms with Gasteiger partial charge in [-0.05, 0) is 22.8 Å². The smallest absolute Gasteiger partial charge is 0.142 e. The fourth-order valence-corrected chi connectivity index (χ4v) is 1.97. The molecule has 0 N–H and O–H groups in total. The molecule has 0 saturated heterocycles. The van der Waals surface area contributed by atoms with Crippen LogP contribution in [-0.2, 0) is 11.2 Å². The lowest BCUT2D eigenvalue weighted by atomic mass is 9.82. The first-order valence-corrected chi connectivity index (χ1v) is 6.54. The molecule has 0 amide bonds. The molecule has 18 heavy (non-hydrogen) atoms. The number of hydrogen-bond acceptors (Lipinski definition) is 1.